The Morgan fingerprint density at radius 3 is 3.00 bits per heavy atom. The Bertz CT molecular complexity index is 179. The Kier molecular flexibility index (Phi) is 3.17. The second kappa shape index (κ2) is 4.19. The maximum absolute atomic E-state index is 3.41. The molecule has 0 saturated heterocycles. The zero-order chi connectivity index (χ0) is 8.10. The molecule has 0 aromatic carbocycles. The second-order valence-electron chi connectivity index (χ2n) is 2.91. The fraction of sp³-hybridized carbons (Fsp3) is 0.556. The number of hydrogen-bond donors (Lipinski definition) is 2. The van der Waals surface area contributed by atoms with Crippen molar-refractivity contribution in [1.82, 2.24) is 10.3 Å². The topological polar surface area (TPSA) is 27.8 Å². The lowest BCUT2D eigenvalue weighted by Gasteiger charge is -2.09. The zero-order valence-electron chi connectivity index (χ0n) is 7.22. The van der Waals surface area contributed by atoms with Crippen molar-refractivity contribution >= 4 is 0 Å². The summed E-state index contributed by atoms with van der Waals surface area (Å²) in [7, 11) is 0. The number of H-pyrrole nitrogens is 1. The Morgan fingerprint density at radius 2 is 2.45 bits per heavy atom. The SMILES string of the molecule is CCC(C)NCc1cc[nH]c1. The van der Waals surface area contributed by atoms with E-state index >= 15 is 0 Å². The van der Waals surface area contributed by atoms with Crippen LogP contribution in [0.25, 0.3) is 0 Å². The van der Waals surface area contributed by atoms with Gasteiger partial charge in [0.15, 0.2) is 0 Å². The molecule has 1 unspecified atom stereocenters. The van der Waals surface area contributed by atoms with Gasteiger partial charge in [0.2, 0.25) is 0 Å². The second-order valence-corrected chi connectivity index (χ2v) is 2.91. The van der Waals surface area contributed by atoms with Gasteiger partial charge >= 0.3 is 0 Å². The van der Waals surface area contributed by atoms with E-state index in [0.717, 1.165) is 6.54 Å². The van der Waals surface area contributed by atoms with Gasteiger partial charge in [0.1, 0.15) is 0 Å². The van der Waals surface area contributed by atoms with Gasteiger partial charge < -0.3 is 10.3 Å². The molecule has 0 aliphatic rings. The molecule has 0 aliphatic heterocycles. The summed E-state index contributed by atoms with van der Waals surface area (Å²) in [5, 5.41) is 3.41. The summed E-state index contributed by atoms with van der Waals surface area (Å²) in [6.45, 7) is 5.36. The molecule has 0 spiro atoms. The molecule has 0 fully saturated rings. The van der Waals surface area contributed by atoms with Crippen LogP contribution in [-0.4, -0.2) is 11.0 Å². The molecule has 2 nitrogen and oxygen atoms in total. The molecule has 0 bridgehead atoms. The zero-order valence-corrected chi connectivity index (χ0v) is 7.22. The van der Waals surface area contributed by atoms with E-state index in [-0.39, 0.29) is 0 Å². The lowest BCUT2D eigenvalue weighted by molar-refractivity contribution is 0.534. The minimum absolute atomic E-state index is 0.616. The van der Waals surface area contributed by atoms with Crippen LogP contribution in [0.4, 0.5) is 0 Å². The summed E-state index contributed by atoms with van der Waals surface area (Å²) in [6, 6.07) is 2.71. The third-order valence-electron chi connectivity index (χ3n) is 1.93. The summed E-state index contributed by atoms with van der Waals surface area (Å²) >= 11 is 0. The van der Waals surface area contributed by atoms with E-state index in [9.17, 15) is 0 Å². The van der Waals surface area contributed by atoms with E-state index in [1.54, 1.807) is 0 Å². The van der Waals surface area contributed by atoms with Crippen LogP contribution in [0.5, 0.6) is 0 Å². The molecule has 1 heterocycles. The van der Waals surface area contributed by atoms with Gasteiger partial charge in [0, 0.05) is 25.0 Å². The molecule has 0 amide bonds. The first-order valence-electron chi connectivity index (χ1n) is 4.18. The number of aromatic nitrogens is 1. The molecular weight excluding hydrogens is 136 g/mol. The summed E-state index contributed by atoms with van der Waals surface area (Å²) in [5.41, 5.74) is 1.32. The van der Waals surface area contributed by atoms with E-state index in [1.807, 2.05) is 12.4 Å². The highest BCUT2D eigenvalue weighted by atomic mass is 14.9. The van der Waals surface area contributed by atoms with Gasteiger partial charge in [-0.2, -0.15) is 0 Å². The minimum Gasteiger partial charge on any atom is -0.367 e. The van der Waals surface area contributed by atoms with E-state index in [4.69, 9.17) is 0 Å². The highest BCUT2D eigenvalue weighted by molar-refractivity contribution is 5.07. The Labute approximate surface area is 68.0 Å². The maximum Gasteiger partial charge on any atom is 0.0222 e. The van der Waals surface area contributed by atoms with Crippen LogP contribution in [0.2, 0.25) is 0 Å². The molecule has 2 N–H and O–H groups in total. The molecule has 62 valence electrons. The van der Waals surface area contributed by atoms with Crippen molar-refractivity contribution in [2.45, 2.75) is 32.9 Å². The summed E-state index contributed by atoms with van der Waals surface area (Å²) < 4.78 is 0. The Balaban J connectivity index is 2.23. The van der Waals surface area contributed by atoms with Gasteiger partial charge in [0.05, 0.1) is 0 Å². The fourth-order valence-corrected chi connectivity index (χ4v) is 0.905. The molecule has 0 saturated carbocycles. The van der Waals surface area contributed by atoms with Gasteiger partial charge in [-0.3, -0.25) is 0 Å². The Morgan fingerprint density at radius 1 is 1.64 bits per heavy atom. The van der Waals surface area contributed by atoms with Gasteiger partial charge in [0.25, 0.3) is 0 Å². The molecule has 2 heteroatoms. The predicted molar refractivity (Wildman–Crippen MR) is 47.4 cm³/mol. The molecule has 0 radical (unpaired) electrons. The maximum atomic E-state index is 3.41. The normalized spacial score (nSPS) is 13.3. The highest BCUT2D eigenvalue weighted by Gasteiger charge is 1.96. The van der Waals surface area contributed by atoms with Gasteiger partial charge in [-0.25, -0.2) is 0 Å². The first kappa shape index (κ1) is 8.34. The summed E-state index contributed by atoms with van der Waals surface area (Å²) in [5.74, 6) is 0. The van der Waals surface area contributed by atoms with E-state index in [1.165, 1.54) is 12.0 Å². The summed E-state index contributed by atoms with van der Waals surface area (Å²) in [6.07, 6.45) is 5.16. The van der Waals surface area contributed by atoms with E-state index < -0.39 is 0 Å². The summed E-state index contributed by atoms with van der Waals surface area (Å²) in [4.78, 5) is 3.03. The van der Waals surface area contributed by atoms with Crippen LogP contribution < -0.4 is 5.32 Å². The monoisotopic (exact) mass is 152 g/mol. The van der Waals surface area contributed by atoms with Gasteiger partial charge in [-0.1, -0.05) is 6.92 Å². The van der Waals surface area contributed by atoms with Gasteiger partial charge in [-0.15, -0.1) is 0 Å². The standard InChI is InChI=1S/C9H16N2/c1-3-8(2)11-7-9-4-5-10-6-9/h4-6,8,10-11H,3,7H2,1-2H3. The molecular formula is C9H16N2. The van der Waals surface area contributed by atoms with Crippen LogP contribution >= 0.6 is 0 Å². The van der Waals surface area contributed by atoms with Gasteiger partial charge in [-0.05, 0) is 25.0 Å². The third kappa shape index (κ3) is 2.76. The highest BCUT2D eigenvalue weighted by Crippen LogP contribution is 1.97. The molecule has 1 atom stereocenters. The molecule has 1 aromatic rings. The van der Waals surface area contributed by atoms with Crippen molar-refractivity contribution < 1.29 is 0 Å². The average Bonchev–Trinajstić information content (AvgIpc) is 2.52. The minimum atomic E-state index is 0.616. The average molecular weight is 152 g/mol. The van der Waals surface area contributed by atoms with Crippen molar-refractivity contribution in [3.63, 3.8) is 0 Å². The number of aromatic amines is 1. The van der Waals surface area contributed by atoms with Crippen LogP contribution in [0.15, 0.2) is 18.5 Å². The number of hydrogen-bond acceptors (Lipinski definition) is 1. The van der Waals surface area contributed by atoms with Crippen molar-refractivity contribution in [3.8, 4) is 0 Å². The molecule has 1 aromatic heterocycles. The van der Waals surface area contributed by atoms with Crippen molar-refractivity contribution in [3.05, 3.63) is 24.0 Å². The van der Waals surface area contributed by atoms with Crippen LogP contribution in [0.3, 0.4) is 0 Å². The smallest absolute Gasteiger partial charge is 0.0222 e. The van der Waals surface area contributed by atoms with E-state index in [2.05, 4.69) is 30.2 Å². The third-order valence-corrected chi connectivity index (χ3v) is 1.93. The predicted octanol–water partition coefficient (Wildman–Crippen LogP) is 1.90. The Hall–Kier alpha value is -0.760. The van der Waals surface area contributed by atoms with Crippen molar-refractivity contribution in [1.29, 1.82) is 0 Å². The number of nitrogens with one attached hydrogen (secondary N) is 2. The first-order chi connectivity index (χ1) is 5.33. The quantitative estimate of drug-likeness (QED) is 0.677. The molecule has 1 rings (SSSR count). The lowest BCUT2D eigenvalue weighted by atomic mass is 10.2. The number of rotatable bonds is 4. The molecule has 0 aliphatic carbocycles. The largest absolute Gasteiger partial charge is 0.367 e. The van der Waals surface area contributed by atoms with Crippen LogP contribution in [-0.2, 0) is 6.54 Å². The molecule has 11 heavy (non-hydrogen) atoms. The van der Waals surface area contributed by atoms with E-state index in [0.29, 0.717) is 6.04 Å². The first-order valence-corrected chi connectivity index (χ1v) is 4.18. The van der Waals surface area contributed by atoms with Crippen LogP contribution in [0.1, 0.15) is 25.8 Å². The lowest BCUT2D eigenvalue weighted by Crippen LogP contribution is -2.24. The fourth-order valence-electron chi connectivity index (χ4n) is 0.905. The van der Waals surface area contributed by atoms with Crippen molar-refractivity contribution in [2.24, 2.45) is 0 Å². The van der Waals surface area contributed by atoms with Crippen molar-refractivity contribution in [2.75, 3.05) is 0 Å². The van der Waals surface area contributed by atoms with Crippen LogP contribution in [0, 0.1) is 0 Å².